The molecule has 4 N–H and O–H groups in total. The van der Waals surface area contributed by atoms with Gasteiger partial charge in [-0.25, -0.2) is 0 Å². The van der Waals surface area contributed by atoms with Gasteiger partial charge in [-0.2, -0.15) is 0 Å². The van der Waals surface area contributed by atoms with Crippen LogP contribution in [0.4, 0.5) is 0 Å². The molecule has 0 rings (SSSR count). The smallest absolute Gasteiger partial charge is 0.0747 e. The zero-order valence-electron chi connectivity index (χ0n) is 12.8. The minimum atomic E-state index is -1.15. The normalized spacial score (nSPS) is 15.7. The van der Waals surface area contributed by atoms with Gasteiger partial charge in [0.05, 0.1) is 25.4 Å². The molecule has 0 radical (unpaired) electrons. The lowest BCUT2D eigenvalue weighted by Crippen LogP contribution is -2.28. The van der Waals surface area contributed by atoms with Crippen molar-refractivity contribution < 1.29 is 20.4 Å². The molecule has 0 heterocycles. The molecule has 0 aromatic heterocycles. The maximum atomic E-state index is 8.98. The predicted molar refractivity (Wildman–Crippen MR) is 82.5 cm³/mol. The number of aliphatic hydroxyl groups excluding tert-OH is 4. The van der Waals surface area contributed by atoms with E-state index in [0.29, 0.717) is 0 Å². The van der Waals surface area contributed by atoms with E-state index in [1.807, 2.05) is 0 Å². The molecule has 2 unspecified atom stereocenters. The van der Waals surface area contributed by atoms with Crippen molar-refractivity contribution in [2.45, 2.75) is 63.6 Å². The second-order valence-electron chi connectivity index (χ2n) is 7.20. The highest BCUT2D eigenvalue weighted by Gasteiger charge is 2.18. The number of hydrogen-bond donors (Lipinski definition) is 4. The van der Waals surface area contributed by atoms with E-state index in [0.717, 1.165) is 12.1 Å². The van der Waals surface area contributed by atoms with Crippen LogP contribution in [-0.2, 0) is 0 Å². The summed E-state index contributed by atoms with van der Waals surface area (Å²) in [6.45, 7) is 12.8. The highest BCUT2D eigenvalue weighted by molar-refractivity contribution is 6.76. The number of rotatable bonds is 6. The first kappa shape index (κ1) is 20.6. The maximum Gasteiger partial charge on any atom is 0.0747 e. The van der Waals surface area contributed by atoms with E-state index >= 15 is 0 Å². The Kier molecular flexibility index (Phi) is 10.5. The van der Waals surface area contributed by atoms with Crippen LogP contribution in [0.2, 0.25) is 51.4 Å². The zero-order chi connectivity index (χ0) is 15.0. The fourth-order valence-corrected chi connectivity index (χ4v) is 4.63. The minimum absolute atomic E-state index is 0.0930. The topological polar surface area (TPSA) is 80.9 Å². The van der Waals surface area contributed by atoms with Crippen LogP contribution in [0.25, 0.3) is 0 Å². The SMILES string of the molecule is C[Si](C)(C)CC(O)CO.C[Si](C)(C)CC(O)CO. The van der Waals surface area contributed by atoms with Crippen LogP contribution in [0.15, 0.2) is 0 Å². The first-order valence-corrected chi connectivity index (χ1v) is 13.9. The minimum Gasteiger partial charge on any atom is -0.394 e. The fraction of sp³-hybridized carbons (Fsp3) is 1.00. The summed E-state index contributed by atoms with van der Waals surface area (Å²) in [6, 6.07) is 1.59. The molecular weight excluding hydrogens is 264 g/mol. The Morgan fingerprint density at radius 2 is 0.889 bits per heavy atom. The molecule has 6 heteroatoms. The summed E-state index contributed by atoms with van der Waals surface area (Å²) in [7, 11) is -2.30. The van der Waals surface area contributed by atoms with Gasteiger partial charge in [0.1, 0.15) is 0 Å². The summed E-state index contributed by atoms with van der Waals surface area (Å²) in [6.07, 6.45) is -0.978. The maximum absolute atomic E-state index is 8.98. The lowest BCUT2D eigenvalue weighted by Gasteiger charge is -2.18. The third-order valence-corrected chi connectivity index (χ3v) is 5.51. The van der Waals surface area contributed by atoms with E-state index in [9.17, 15) is 0 Å². The van der Waals surface area contributed by atoms with Gasteiger partial charge in [-0.05, 0) is 12.1 Å². The van der Waals surface area contributed by atoms with Crippen molar-refractivity contribution >= 4 is 16.1 Å². The lowest BCUT2D eigenvalue weighted by atomic mass is 10.4. The van der Waals surface area contributed by atoms with E-state index < -0.39 is 28.4 Å². The van der Waals surface area contributed by atoms with Crippen molar-refractivity contribution in [1.82, 2.24) is 0 Å². The highest BCUT2D eigenvalue weighted by atomic mass is 28.3. The van der Waals surface area contributed by atoms with Crippen LogP contribution in [0.1, 0.15) is 0 Å². The molecule has 0 aromatic rings. The quantitative estimate of drug-likeness (QED) is 0.558. The van der Waals surface area contributed by atoms with E-state index in [4.69, 9.17) is 20.4 Å². The van der Waals surface area contributed by atoms with Crippen molar-refractivity contribution in [2.75, 3.05) is 13.2 Å². The van der Waals surface area contributed by atoms with Crippen LogP contribution in [0, 0.1) is 0 Å². The second kappa shape index (κ2) is 9.22. The average molecular weight is 297 g/mol. The molecule has 4 nitrogen and oxygen atoms in total. The predicted octanol–water partition coefficient (Wildman–Crippen LogP) is 1.36. The lowest BCUT2D eigenvalue weighted by molar-refractivity contribution is 0.109. The molecule has 0 aromatic carbocycles. The largest absolute Gasteiger partial charge is 0.394 e. The molecule has 0 aliphatic carbocycles. The molecule has 0 spiro atoms. The van der Waals surface area contributed by atoms with E-state index in [-0.39, 0.29) is 13.2 Å². The van der Waals surface area contributed by atoms with E-state index in [2.05, 4.69) is 39.3 Å². The van der Waals surface area contributed by atoms with Crippen molar-refractivity contribution in [3.8, 4) is 0 Å². The van der Waals surface area contributed by atoms with Gasteiger partial charge in [0, 0.05) is 16.1 Å². The Balaban J connectivity index is 0. The standard InChI is InChI=1S/2C6H16O2Si/c2*1-9(2,3)5-6(8)4-7/h2*6-8H,4-5H2,1-3H3. The molecule has 0 saturated carbocycles. The summed E-state index contributed by atoms with van der Waals surface area (Å²) < 4.78 is 0. The van der Waals surface area contributed by atoms with Gasteiger partial charge >= 0.3 is 0 Å². The Bertz CT molecular complexity index is 177. The number of aliphatic hydroxyl groups is 4. The molecule has 112 valence electrons. The van der Waals surface area contributed by atoms with E-state index in [1.54, 1.807) is 0 Å². The van der Waals surface area contributed by atoms with Gasteiger partial charge in [0.2, 0.25) is 0 Å². The molecule has 18 heavy (non-hydrogen) atoms. The van der Waals surface area contributed by atoms with Crippen molar-refractivity contribution in [1.29, 1.82) is 0 Å². The van der Waals surface area contributed by atoms with Crippen LogP contribution in [0.3, 0.4) is 0 Å². The summed E-state index contributed by atoms with van der Waals surface area (Å²) in [5.41, 5.74) is 0. The number of hydrogen-bond acceptors (Lipinski definition) is 4. The Labute approximate surface area is 114 Å². The third kappa shape index (κ3) is 18.6. The van der Waals surface area contributed by atoms with Crippen molar-refractivity contribution in [3.05, 3.63) is 0 Å². The van der Waals surface area contributed by atoms with Crippen LogP contribution >= 0.6 is 0 Å². The third-order valence-electron chi connectivity index (χ3n) is 2.12. The molecule has 0 fully saturated rings. The summed E-state index contributed by atoms with van der Waals surface area (Å²) in [5, 5.41) is 34.9. The summed E-state index contributed by atoms with van der Waals surface area (Å²) in [4.78, 5) is 0. The van der Waals surface area contributed by atoms with Crippen LogP contribution < -0.4 is 0 Å². The van der Waals surface area contributed by atoms with Gasteiger partial charge in [-0.1, -0.05) is 39.3 Å². The average Bonchev–Trinajstić information content (AvgIpc) is 2.13. The Morgan fingerprint density at radius 1 is 0.667 bits per heavy atom. The van der Waals surface area contributed by atoms with Gasteiger partial charge in [-0.3, -0.25) is 0 Å². The summed E-state index contributed by atoms with van der Waals surface area (Å²) >= 11 is 0. The molecule has 0 aliphatic heterocycles. The monoisotopic (exact) mass is 296 g/mol. The summed E-state index contributed by atoms with van der Waals surface area (Å²) in [5.74, 6) is 0. The molecule has 0 saturated heterocycles. The first-order chi connectivity index (χ1) is 7.91. The van der Waals surface area contributed by atoms with Crippen LogP contribution in [-0.4, -0.2) is 62.0 Å². The van der Waals surface area contributed by atoms with Crippen molar-refractivity contribution in [2.24, 2.45) is 0 Å². The van der Waals surface area contributed by atoms with Gasteiger partial charge in [-0.15, -0.1) is 0 Å². The zero-order valence-corrected chi connectivity index (χ0v) is 14.8. The Morgan fingerprint density at radius 3 is 0.944 bits per heavy atom. The van der Waals surface area contributed by atoms with Gasteiger partial charge in [0.25, 0.3) is 0 Å². The Hall–Kier alpha value is 0.274. The molecule has 2 atom stereocenters. The van der Waals surface area contributed by atoms with Crippen LogP contribution in [0.5, 0.6) is 0 Å². The van der Waals surface area contributed by atoms with Crippen molar-refractivity contribution in [3.63, 3.8) is 0 Å². The first-order valence-electron chi connectivity index (χ1n) is 6.49. The van der Waals surface area contributed by atoms with Gasteiger partial charge < -0.3 is 20.4 Å². The molecular formula is C12H32O4Si2. The van der Waals surface area contributed by atoms with E-state index in [1.165, 1.54) is 0 Å². The molecule has 0 bridgehead atoms. The highest BCUT2D eigenvalue weighted by Crippen LogP contribution is 2.11. The second-order valence-corrected chi connectivity index (χ2v) is 18.3. The molecule has 0 aliphatic rings. The fourth-order valence-electron chi connectivity index (χ4n) is 1.54. The van der Waals surface area contributed by atoms with Gasteiger partial charge in [0.15, 0.2) is 0 Å². The molecule has 0 amide bonds.